The predicted molar refractivity (Wildman–Crippen MR) is 54.6 cm³/mol. The van der Waals surface area contributed by atoms with Crippen molar-refractivity contribution < 1.29 is 5.11 Å². The average molecular weight is 179 g/mol. The standard InChI is InChI=1S/C11H17NO/c1-3-9-5-4-8(2)10(6-9)11(12)7-13/h4-6,11,13H,3,7,12H2,1-2H3. The van der Waals surface area contributed by atoms with Gasteiger partial charge in [-0.1, -0.05) is 25.1 Å². The van der Waals surface area contributed by atoms with Gasteiger partial charge < -0.3 is 10.8 Å². The summed E-state index contributed by atoms with van der Waals surface area (Å²) in [5.41, 5.74) is 9.25. The van der Waals surface area contributed by atoms with E-state index in [2.05, 4.69) is 25.1 Å². The van der Waals surface area contributed by atoms with Gasteiger partial charge in [-0.2, -0.15) is 0 Å². The van der Waals surface area contributed by atoms with Gasteiger partial charge in [-0.05, 0) is 30.0 Å². The quantitative estimate of drug-likeness (QED) is 0.739. The van der Waals surface area contributed by atoms with Gasteiger partial charge >= 0.3 is 0 Å². The molecule has 1 aromatic rings. The number of hydrogen-bond acceptors (Lipinski definition) is 2. The van der Waals surface area contributed by atoms with E-state index in [1.807, 2.05) is 6.92 Å². The molecule has 0 saturated carbocycles. The topological polar surface area (TPSA) is 46.2 Å². The molecule has 1 rings (SSSR count). The van der Waals surface area contributed by atoms with Gasteiger partial charge in [-0.15, -0.1) is 0 Å². The summed E-state index contributed by atoms with van der Waals surface area (Å²) < 4.78 is 0. The number of hydrogen-bond donors (Lipinski definition) is 2. The van der Waals surface area contributed by atoms with Gasteiger partial charge in [0.2, 0.25) is 0 Å². The zero-order valence-corrected chi connectivity index (χ0v) is 8.25. The Bertz CT molecular complexity index is 283. The van der Waals surface area contributed by atoms with Crippen LogP contribution < -0.4 is 5.73 Å². The third kappa shape index (κ3) is 2.29. The summed E-state index contributed by atoms with van der Waals surface area (Å²) in [5, 5.41) is 8.95. The van der Waals surface area contributed by atoms with E-state index in [-0.39, 0.29) is 12.6 Å². The summed E-state index contributed by atoms with van der Waals surface area (Å²) >= 11 is 0. The highest BCUT2D eigenvalue weighted by atomic mass is 16.3. The van der Waals surface area contributed by atoms with Crippen molar-refractivity contribution in [1.82, 2.24) is 0 Å². The summed E-state index contributed by atoms with van der Waals surface area (Å²) in [4.78, 5) is 0. The Morgan fingerprint density at radius 1 is 1.46 bits per heavy atom. The highest BCUT2D eigenvalue weighted by Crippen LogP contribution is 2.17. The van der Waals surface area contributed by atoms with Crippen molar-refractivity contribution in [3.05, 3.63) is 34.9 Å². The van der Waals surface area contributed by atoms with E-state index >= 15 is 0 Å². The normalized spacial score (nSPS) is 12.9. The monoisotopic (exact) mass is 179 g/mol. The Labute approximate surface area is 79.4 Å². The van der Waals surface area contributed by atoms with Crippen LogP contribution in [-0.4, -0.2) is 11.7 Å². The number of benzene rings is 1. The lowest BCUT2D eigenvalue weighted by atomic mass is 9.99. The van der Waals surface area contributed by atoms with Crippen LogP contribution in [0, 0.1) is 6.92 Å². The van der Waals surface area contributed by atoms with Crippen LogP contribution >= 0.6 is 0 Å². The van der Waals surface area contributed by atoms with Crippen molar-refractivity contribution in [1.29, 1.82) is 0 Å². The maximum Gasteiger partial charge on any atom is 0.0624 e. The van der Waals surface area contributed by atoms with E-state index in [4.69, 9.17) is 10.8 Å². The lowest BCUT2D eigenvalue weighted by molar-refractivity contribution is 0.267. The molecule has 0 aliphatic rings. The Morgan fingerprint density at radius 3 is 2.69 bits per heavy atom. The molecule has 3 N–H and O–H groups in total. The van der Waals surface area contributed by atoms with Crippen LogP contribution in [0.5, 0.6) is 0 Å². The summed E-state index contributed by atoms with van der Waals surface area (Å²) in [6, 6.07) is 5.99. The summed E-state index contributed by atoms with van der Waals surface area (Å²) in [7, 11) is 0. The van der Waals surface area contributed by atoms with E-state index in [0.29, 0.717) is 0 Å². The zero-order chi connectivity index (χ0) is 9.84. The maximum absolute atomic E-state index is 8.95. The molecule has 0 radical (unpaired) electrons. The second kappa shape index (κ2) is 4.40. The van der Waals surface area contributed by atoms with E-state index < -0.39 is 0 Å². The molecule has 1 aromatic carbocycles. The highest BCUT2D eigenvalue weighted by molar-refractivity contribution is 5.33. The smallest absolute Gasteiger partial charge is 0.0624 e. The molecule has 0 bridgehead atoms. The number of aliphatic hydroxyl groups excluding tert-OH is 1. The fraction of sp³-hybridized carbons (Fsp3) is 0.455. The lowest BCUT2D eigenvalue weighted by Gasteiger charge is -2.13. The zero-order valence-electron chi connectivity index (χ0n) is 8.25. The maximum atomic E-state index is 8.95. The van der Waals surface area contributed by atoms with Gasteiger partial charge in [-0.3, -0.25) is 0 Å². The minimum atomic E-state index is -0.244. The molecular formula is C11H17NO. The molecule has 0 aromatic heterocycles. The molecule has 72 valence electrons. The first kappa shape index (κ1) is 10.2. The summed E-state index contributed by atoms with van der Waals surface area (Å²) in [6.07, 6.45) is 1.01. The van der Waals surface area contributed by atoms with Gasteiger partial charge in [0.15, 0.2) is 0 Å². The fourth-order valence-corrected chi connectivity index (χ4v) is 1.41. The van der Waals surface area contributed by atoms with Crippen LogP contribution in [0.2, 0.25) is 0 Å². The van der Waals surface area contributed by atoms with Crippen molar-refractivity contribution >= 4 is 0 Å². The second-order valence-electron chi connectivity index (χ2n) is 3.33. The van der Waals surface area contributed by atoms with E-state index in [0.717, 1.165) is 17.5 Å². The second-order valence-corrected chi connectivity index (χ2v) is 3.33. The Kier molecular flexibility index (Phi) is 3.46. The molecule has 0 aliphatic carbocycles. The molecule has 0 fully saturated rings. The van der Waals surface area contributed by atoms with E-state index in [9.17, 15) is 0 Å². The molecule has 0 amide bonds. The third-order valence-electron chi connectivity index (χ3n) is 2.35. The van der Waals surface area contributed by atoms with Crippen molar-refractivity contribution in [2.45, 2.75) is 26.3 Å². The van der Waals surface area contributed by atoms with E-state index in [1.165, 1.54) is 5.56 Å². The van der Waals surface area contributed by atoms with Crippen LogP contribution in [0.3, 0.4) is 0 Å². The van der Waals surface area contributed by atoms with Gasteiger partial charge in [0.05, 0.1) is 12.6 Å². The first-order valence-corrected chi connectivity index (χ1v) is 4.65. The molecule has 2 nitrogen and oxygen atoms in total. The highest BCUT2D eigenvalue weighted by Gasteiger charge is 2.07. The number of rotatable bonds is 3. The van der Waals surface area contributed by atoms with Crippen LogP contribution in [0.15, 0.2) is 18.2 Å². The number of aliphatic hydroxyl groups is 1. The summed E-state index contributed by atoms with van der Waals surface area (Å²) in [6.45, 7) is 4.14. The van der Waals surface area contributed by atoms with Crippen molar-refractivity contribution in [2.24, 2.45) is 5.73 Å². The number of nitrogens with two attached hydrogens (primary N) is 1. The molecule has 0 heterocycles. The average Bonchev–Trinajstić information content (AvgIpc) is 2.17. The molecule has 1 atom stereocenters. The molecule has 0 spiro atoms. The van der Waals surface area contributed by atoms with Crippen molar-refractivity contribution in [2.75, 3.05) is 6.61 Å². The lowest BCUT2D eigenvalue weighted by Crippen LogP contribution is -2.15. The summed E-state index contributed by atoms with van der Waals surface area (Å²) in [5.74, 6) is 0. The first-order chi connectivity index (χ1) is 6.19. The largest absolute Gasteiger partial charge is 0.394 e. The Morgan fingerprint density at radius 2 is 2.15 bits per heavy atom. The molecule has 13 heavy (non-hydrogen) atoms. The van der Waals surface area contributed by atoms with Crippen LogP contribution in [-0.2, 0) is 6.42 Å². The number of aryl methyl sites for hydroxylation is 2. The molecule has 0 saturated heterocycles. The molecule has 0 aliphatic heterocycles. The van der Waals surface area contributed by atoms with Gasteiger partial charge in [0.1, 0.15) is 0 Å². The first-order valence-electron chi connectivity index (χ1n) is 4.65. The van der Waals surface area contributed by atoms with Crippen molar-refractivity contribution in [3.63, 3.8) is 0 Å². The SMILES string of the molecule is CCc1ccc(C)c(C(N)CO)c1. The van der Waals surface area contributed by atoms with Crippen molar-refractivity contribution in [3.8, 4) is 0 Å². The van der Waals surface area contributed by atoms with Crippen LogP contribution in [0.4, 0.5) is 0 Å². The third-order valence-corrected chi connectivity index (χ3v) is 2.35. The predicted octanol–water partition coefficient (Wildman–Crippen LogP) is 1.55. The molecule has 1 unspecified atom stereocenters. The van der Waals surface area contributed by atoms with Crippen LogP contribution in [0.1, 0.15) is 29.7 Å². The molecular weight excluding hydrogens is 162 g/mol. The van der Waals surface area contributed by atoms with E-state index in [1.54, 1.807) is 0 Å². The van der Waals surface area contributed by atoms with Gasteiger partial charge in [0.25, 0.3) is 0 Å². The van der Waals surface area contributed by atoms with Gasteiger partial charge in [-0.25, -0.2) is 0 Å². The fourth-order valence-electron chi connectivity index (χ4n) is 1.41. The molecule has 2 heteroatoms. The Hall–Kier alpha value is -0.860. The van der Waals surface area contributed by atoms with Crippen LogP contribution in [0.25, 0.3) is 0 Å². The van der Waals surface area contributed by atoms with Gasteiger partial charge in [0, 0.05) is 0 Å². The Balaban J connectivity index is 3.03. The minimum absolute atomic E-state index is 0.00794. The minimum Gasteiger partial charge on any atom is -0.394 e.